The van der Waals surface area contributed by atoms with Gasteiger partial charge in [-0.05, 0) is 63.2 Å². The Morgan fingerprint density at radius 1 is 1.10 bits per heavy atom. The van der Waals surface area contributed by atoms with Crippen LogP contribution in [0.1, 0.15) is 32.8 Å². The third kappa shape index (κ3) is 4.32. The number of hydrogen-bond acceptors (Lipinski definition) is 5. The molecule has 3 rings (SSSR count). The van der Waals surface area contributed by atoms with E-state index in [4.69, 9.17) is 28.5 Å². The lowest BCUT2D eigenvalue weighted by Gasteiger charge is -2.37. The molecule has 2 amide bonds. The van der Waals surface area contributed by atoms with Crippen molar-refractivity contribution < 1.29 is 18.0 Å². The minimum absolute atomic E-state index is 0.0422. The number of carbonyl (C=O) groups excluding carboxylic acids is 2. The average molecular weight is 480 g/mol. The van der Waals surface area contributed by atoms with Crippen molar-refractivity contribution in [3.05, 3.63) is 58.1 Å². The molecule has 0 radical (unpaired) electrons. The lowest BCUT2D eigenvalue weighted by Crippen LogP contribution is -2.54. The second-order valence-electron chi connectivity index (χ2n) is 7.99. The number of anilines is 1. The Balaban J connectivity index is 2.08. The van der Waals surface area contributed by atoms with Crippen LogP contribution < -0.4 is 4.90 Å². The highest BCUT2D eigenvalue weighted by atomic mass is 35.5. The summed E-state index contributed by atoms with van der Waals surface area (Å²) in [5, 5.41) is 9.08. The fourth-order valence-corrected chi connectivity index (χ4v) is 6.20. The fraction of sp³-hybridized carbons (Fsp3) is 0.286. The number of rotatable bonds is 4. The van der Waals surface area contributed by atoms with Gasteiger partial charge in [-0.1, -0.05) is 23.2 Å². The number of halogens is 2. The quantitative estimate of drug-likeness (QED) is 0.617. The summed E-state index contributed by atoms with van der Waals surface area (Å²) in [6, 6.07) is 10.6. The zero-order valence-corrected chi connectivity index (χ0v) is 19.3. The van der Waals surface area contributed by atoms with Crippen LogP contribution in [0, 0.1) is 11.3 Å². The largest absolute Gasteiger partial charge is 0.274 e. The van der Waals surface area contributed by atoms with Crippen molar-refractivity contribution in [1.29, 1.82) is 5.26 Å². The Morgan fingerprint density at radius 3 is 2.26 bits per heavy atom. The van der Waals surface area contributed by atoms with Crippen molar-refractivity contribution in [2.45, 2.75) is 43.7 Å². The summed E-state index contributed by atoms with van der Waals surface area (Å²) in [7, 11) is -4.29. The van der Waals surface area contributed by atoms with E-state index in [9.17, 15) is 18.0 Å². The Kier molecular flexibility index (Phi) is 6.18. The van der Waals surface area contributed by atoms with E-state index in [-0.39, 0.29) is 27.0 Å². The predicted molar refractivity (Wildman–Crippen MR) is 117 cm³/mol. The molecule has 0 bridgehead atoms. The normalized spacial score (nSPS) is 17.3. The molecule has 1 fully saturated rings. The smallest absolute Gasteiger partial charge is 0.252 e. The van der Waals surface area contributed by atoms with Crippen molar-refractivity contribution in [3.8, 4) is 6.07 Å². The van der Waals surface area contributed by atoms with E-state index in [1.165, 1.54) is 42.5 Å². The summed E-state index contributed by atoms with van der Waals surface area (Å²) in [5.74, 6) is -1.22. The van der Waals surface area contributed by atoms with Crippen molar-refractivity contribution in [2.24, 2.45) is 0 Å². The average Bonchev–Trinajstić information content (AvgIpc) is 2.96. The maximum atomic E-state index is 13.6. The number of imide groups is 1. The zero-order chi connectivity index (χ0) is 23.1. The maximum absolute atomic E-state index is 13.6. The van der Waals surface area contributed by atoms with Crippen molar-refractivity contribution in [3.63, 3.8) is 0 Å². The Labute approximate surface area is 190 Å². The van der Waals surface area contributed by atoms with E-state index < -0.39 is 33.4 Å². The molecule has 1 unspecified atom stereocenters. The summed E-state index contributed by atoms with van der Waals surface area (Å²) in [6.07, 6.45) is -0.326. The Bertz CT molecular complexity index is 1200. The predicted octanol–water partition coefficient (Wildman–Crippen LogP) is 3.99. The minimum atomic E-state index is -4.29. The van der Waals surface area contributed by atoms with Crippen LogP contribution >= 0.6 is 23.2 Å². The summed E-state index contributed by atoms with van der Waals surface area (Å²) >= 11 is 12.1. The molecule has 2 aromatic rings. The van der Waals surface area contributed by atoms with Gasteiger partial charge in [-0.15, -0.1) is 0 Å². The highest BCUT2D eigenvalue weighted by Crippen LogP contribution is 2.36. The van der Waals surface area contributed by atoms with Crippen molar-refractivity contribution >= 4 is 50.7 Å². The number of benzene rings is 2. The van der Waals surface area contributed by atoms with Crippen LogP contribution in [0.4, 0.5) is 5.69 Å². The monoisotopic (exact) mass is 479 g/mol. The van der Waals surface area contributed by atoms with Gasteiger partial charge in [-0.25, -0.2) is 13.3 Å². The molecule has 7 nitrogen and oxygen atoms in total. The van der Waals surface area contributed by atoms with Crippen LogP contribution in [-0.2, 0) is 19.6 Å². The van der Waals surface area contributed by atoms with Gasteiger partial charge in [-0.3, -0.25) is 9.59 Å². The van der Waals surface area contributed by atoms with Crippen molar-refractivity contribution in [2.75, 3.05) is 4.90 Å². The van der Waals surface area contributed by atoms with Gasteiger partial charge in [-0.2, -0.15) is 9.57 Å². The zero-order valence-electron chi connectivity index (χ0n) is 17.0. The fourth-order valence-electron chi connectivity index (χ4n) is 3.53. The summed E-state index contributed by atoms with van der Waals surface area (Å²) in [6.45, 7) is 4.89. The molecule has 0 spiro atoms. The third-order valence-electron chi connectivity index (χ3n) is 4.75. The highest BCUT2D eigenvalue weighted by molar-refractivity contribution is 7.89. The van der Waals surface area contributed by atoms with Gasteiger partial charge in [0.25, 0.3) is 5.91 Å². The first-order chi connectivity index (χ1) is 14.4. The van der Waals surface area contributed by atoms with E-state index >= 15 is 0 Å². The molecule has 1 aliphatic rings. The molecule has 0 N–H and O–H groups in total. The van der Waals surface area contributed by atoms with Crippen molar-refractivity contribution in [1.82, 2.24) is 4.31 Å². The first kappa shape index (κ1) is 23.2. The molecular weight excluding hydrogens is 461 g/mol. The lowest BCUT2D eigenvalue weighted by molar-refractivity contribution is -0.122. The first-order valence-electron chi connectivity index (χ1n) is 9.24. The molecule has 0 saturated carbocycles. The van der Waals surface area contributed by atoms with Gasteiger partial charge in [0, 0.05) is 10.6 Å². The number of carbonyl (C=O) groups is 2. The minimum Gasteiger partial charge on any atom is -0.274 e. The molecule has 31 heavy (non-hydrogen) atoms. The highest BCUT2D eigenvalue weighted by Gasteiger charge is 2.51. The molecule has 0 aliphatic carbocycles. The lowest BCUT2D eigenvalue weighted by atomic mass is 10.1. The van der Waals surface area contributed by atoms with Gasteiger partial charge < -0.3 is 0 Å². The first-order valence-corrected chi connectivity index (χ1v) is 11.4. The summed E-state index contributed by atoms with van der Waals surface area (Å²) in [5.41, 5.74) is -0.413. The molecule has 162 valence electrons. The third-order valence-corrected chi connectivity index (χ3v) is 7.64. The van der Waals surface area contributed by atoms with Crippen LogP contribution in [0.2, 0.25) is 10.0 Å². The SMILES string of the molecule is CC(C)(C)N(C1CC(=O)N(c2ccc(C#N)cc2)C1=O)S(=O)(=O)c1cc(Cl)ccc1Cl. The van der Waals surface area contributed by atoms with E-state index in [0.717, 1.165) is 9.21 Å². The van der Waals surface area contributed by atoms with Crippen LogP contribution in [0.3, 0.4) is 0 Å². The molecule has 1 saturated heterocycles. The van der Waals surface area contributed by atoms with E-state index in [1.54, 1.807) is 20.8 Å². The molecule has 0 aromatic heterocycles. The second kappa shape index (κ2) is 8.24. The molecule has 2 aromatic carbocycles. The number of hydrogen-bond donors (Lipinski definition) is 0. The number of nitrogens with zero attached hydrogens (tertiary/aromatic N) is 3. The van der Waals surface area contributed by atoms with Gasteiger partial charge in [0.15, 0.2) is 0 Å². The molecule has 1 heterocycles. The van der Waals surface area contributed by atoms with E-state index in [2.05, 4.69) is 0 Å². The van der Waals surface area contributed by atoms with E-state index in [1.807, 2.05) is 6.07 Å². The van der Waals surface area contributed by atoms with Crippen LogP contribution in [0.25, 0.3) is 0 Å². The van der Waals surface area contributed by atoms with Crippen LogP contribution in [0.5, 0.6) is 0 Å². The Hall–Kier alpha value is -2.44. The summed E-state index contributed by atoms with van der Waals surface area (Å²) < 4.78 is 28.2. The van der Waals surface area contributed by atoms with Gasteiger partial charge in [0.1, 0.15) is 10.9 Å². The molecular formula is C21H19Cl2N3O4S. The van der Waals surface area contributed by atoms with Gasteiger partial charge in [0.05, 0.1) is 28.8 Å². The number of amides is 2. The molecule has 10 heteroatoms. The topological polar surface area (TPSA) is 98.5 Å². The number of sulfonamides is 1. The second-order valence-corrected chi connectivity index (χ2v) is 10.6. The molecule has 1 atom stereocenters. The molecule has 1 aliphatic heterocycles. The maximum Gasteiger partial charge on any atom is 0.252 e. The van der Waals surface area contributed by atoms with Crippen LogP contribution in [0.15, 0.2) is 47.4 Å². The van der Waals surface area contributed by atoms with Crippen LogP contribution in [-0.4, -0.2) is 36.1 Å². The number of nitriles is 1. The summed E-state index contributed by atoms with van der Waals surface area (Å²) in [4.78, 5) is 26.7. The van der Waals surface area contributed by atoms with E-state index in [0.29, 0.717) is 5.56 Å². The van der Waals surface area contributed by atoms with Gasteiger partial charge in [0.2, 0.25) is 15.9 Å². The standard InChI is InChI=1S/C21H19Cl2N3O4S/c1-21(2,3)26(31(29,30)18-10-14(22)6-9-16(18)23)17-11-19(27)25(20(17)28)15-7-4-13(12-24)5-8-15/h4-10,17H,11H2,1-3H3. The van der Waals surface area contributed by atoms with Gasteiger partial charge >= 0.3 is 0 Å². The Morgan fingerprint density at radius 2 is 1.71 bits per heavy atom.